The van der Waals surface area contributed by atoms with Gasteiger partial charge in [0.25, 0.3) is 11.8 Å². The van der Waals surface area contributed by atoms with Crippen LogP contribution in [-0.4, -0.2) is 29.5 Å². The average molecular weight is 365 g/mol. The van der Waals surface area contributed by atoms with Gasteiger partial charge in [0.2, 0.25) is 6.10 Å². The van der Waals surface area contributed by atoms with Crippen molar-refractivity contribution in [2.75, 3.05) is 6.61 Å². The summed E-state index contributed by atoms with van der Waals surface area (Å²) in [6, 6.07) is 12.5. The van der Waals surface area contributed by atoms with Crippen LogP contribution in [0.4, 0.5) is 0 Å². The Morgan fingerprint density at radius 2 is 1.85 bits per heavy atom. The van der Waals surface area contributed by atoms with Gasteiger partial charge in [-0.05, 0) is 49.7 Å². The molecule has 0 spiro atoms. The van der Waals surface area contributed by atoms with E-state index in [1.807, 2.05) is 26.0 Å². The van der Waals surface area contributed by atoms with Gasteiger partial charge in [0.05, 0.1) is 0 Å². The van der Waals surface area contributed by atoms with E-state index in [0.717, 1.165) is 22.2 Å². The molecule has 138 valence electrons. The number of fused-ring (bicyclic) bond motifs is 2. The second-order valence-corrected chi connectivity index (χ2v) is 6.44. The van der Waals surface area contributed by atoms with Gasteiger partial charge >= 0.3 is 0 Å². The Hall–Kier alpha value is -3.48. The van der Waals surface area contributed by atoms with Crippen LogP contribution in [0, 0.1) is 13.8 Å². The first-order chi connectivity index (χ1) is 13.0. The van der Waals surface area contributed by atoms with Gasteiger partial charge in [-0.3, -0.25) is 20.4 Å². The maximum absolute atomic E-state index is 12.4. The molecule has 7 nitrogen and oxygen atoms in total. The summed E-state index contributed by atoms with van der Waals surface area (Å²) in [5.74, 6) is 0.211. The smallest absolute Gasteiger partial charge is 0.283 e. The Morgan fingerprint density at radius 3 is 2.67 bits per heavy atom. The molecule has 0 saturated heterocycles. The van der Waals surface area contributed by atoms with Crippen molar-refractivity contribution in [1.29, 1.82) is 0 Å². The second kappa shape index (κ2) is 6.68. The van der Waals surface area contributed by atoms with E-state index in [0.29, 0.717) is 17.1 Å². The molecule has 3 aromatic rings. The van der Waals surface area contributed by atoms with Crippen molar-refractivity contribution in [3.63, 3.8) is 0 Å². The van der Waals surface area contributed by atoms with E-state index in [-0.39, 0.29) is 6.61 Å². The minimum absolute atomic E-state index is 0.0759. The SMILES string of the molecule is Cc1[nH]c2ccc(C(=O)NNC(=O)[C@H]3COc4ccccc4O3)cc2c1C. The van der Waals surface area contributed by atoms with Gasteiger partial charge in [0.1, 0.15) is 6.61 Å². The third kappa shape index (κ3) is 3.19. The van der Waals surface area contributed by atoms with E-state index in [1.165, 1.54) is 0 Å². The van der Waals surface area contributed by atoms with Crippen LogP contribution in [0.2, 0.25) is 0 Å². The van der Waals surface area contributed by atoms with Gasteiger partial charge in [-0.1, -0.05) is 12.1 Å². The van der Waals surface area contributed by atoms with Crippen molar-refractivity contribution in [3.8, 4) is 11.5 Å². The van der Waals surface area contributed by atoms with Crippen LogP contribution < -0.4 is 20.3 Å². The van der Waals surface area contributed by atoms with E-state index in [9.17, 15) is 9.59 Å². The van der Waals surface area contributed by atoms with Crippen LogP contribution >= 0.6 is 0 Å². The fourth-order valence-corrected chi connectivity index (χ4v) is 3.02. The summed E-state index contributed by atoms with van der Waals surface area (Å²) < 4.78 is 11.1. The highest BCUT2D eigenvalue weighted by molar-refractivity contribution is 5.99. The number of aromatic nitrogens is 1. The molecule has 2 amide bonds. The number of carbonyl (C=O) groups is 2. The van der Waals surface area contributed by atoms with Crippen molar-refractivity contribution >= 4 is 22.7 Å². The number of H-pyrrole nitrogens is 1. The number of hydrogen-bond acceptors (Lipinski definition) is 4. The lowest BCUT2D eigenvalue weighted by Crippen LogP contribution is -2.50. The largest absolute Gasteiger partial charge is 0.485 e. The first kappa shape index (κ1) is 17.0. The van der Waals surface area contributed by atoms with Crippen LogP contribution in [0.3, 0.4) is 0 Å². The minimum atomic E-state index is -0.836. The fourth-order valence-electron chi connectivity index (χ4n) is 3.02. The Balaban J connectivity index is 1.40. The van der Waals surface area contributed by atoms with Gasteiger partial charge in [-0.2, -0.15) is 0 Å². The van der Waals surface area contributed by atoms with Crippen molar-refractivity contribution in [3.05, 3.63) is 59.3 Å². The van der Waals surface area contributed by atoms with Crippen LogP contribution in [0.15, 0.2) is 42.5 Å². The van der Waals surface area contributed by atoms with Gasteiger partial charge in [0.15, 0.2) is 11.5 Å². The average Bonchev–Trinajstić information content (AvgIpc) is 2.98. The van der Waals surface area contributed by atoms with Crippen molar-refractivity contribution < 1.29 is 19.1 Å². The number of hydrazine groups is 1. The molecule has 27 heavy (non-hydrogen) atoms. The molecule has 0 aliphatic carbocycles. The summed E-state index contributed by atoms with van der Waals surface area (Å²) >= 11 is 0. The summed E-state index contributed by atoms with van der Waals surface area (Å²) in [5.41, 5.74) is 8.40. The quantitative estimate of drug-likeness (QED) is 0.608. The number of aryl methyl sites for hydroxylation is 2. The molecule has 1 aliphatic heterocycles. The van der Waals surface area contributed by atoms with Gasteiger partial charge in [-0.25, -0.2) is 0 Å². The lowest BCUT2D eigenvalue weighted by Gasteiger charge is -2.25. The molecule has 0 radical (unpaired) electrons. The number of amides is 2. The van der Waals surface area contributed by atoms with Crippen LogP contribution in [-0.2, 0) is 4.79 Å². The van der Waals surface area contributed by atoms with Crippen molar-refractivity contribution in [1.82, 2.24) is 15.8 Å². The number of aromatic amines is 1. The maximum atomic E-state index is 12.4. The van der Waals surface area contributed by atoms with Crippen molar-refractivity contribution in [2.24, 2.45) is 0 Å². The zero-order valence-corrected chi connectivity index (χ0v) is 15.0. The Bertz CT molecular complexity index is 1040. The highest BCUT2D eigenvalue weighted by Gasteiger charge is 2.27. The summed E-state index contributed by atoms with van der Waals surface area (Å²) in [5, 5.41) is 0.979. The van der Waals surface area contributed by atoms with Gasteiger partial charge in [-0.15, -0.1) is 0 Å². The summed E-state index contributed by atoms with van der Waals surface area (Å²) in [4.78, 5) is 27.9. The predicted octanol–water partition coefficient (Wildman–Crippen LogP) is 2.39. The van der Waals surface area contributed by atoms with E-state index >= 15 is 0 Å². The number of para-hydroxylation sites is 2. The molecule has 2 aromatic carbocycles. The summed E-state index contributed by atoms with van der Waals surface area (Å²) in [6.45, 7) is 4.06. The molecule has 0 fully saturated rings. The second-order valence-electron chi connectivity index (χ2n) is 6.44. The third-order valence-corrected chi connectivity index (χ3v) is 4.67. The number of nitrogens with one attached hydrogen (secondary N) is 3. The molecule has 4 rings (SSSR count). The normalized spacial score (nSPS) is 15.4. The minimum Gasteiger partial charge on any atom is -0.485 e. The molecule has 2 heterocycles. The van der Waals surface area contributed by atoms with Crippen LogP contribution in [0.5, 0.6) is 11.5 Å². The Kier molecular flexibility index (Phi) is 4.19. The molecular weight excluding hydrogens is 346 g/mol. The van der Waals surface area contributed by atoms with Crippen molar-refractivity contribution in [2.45, 2.75) is 20.0 Å². The molecule has 3 N–H and O–H groups in total. The molecule has 0 bridgehead atoms. The topological polar surface area (TPSA) is 92.5 Å². The van der Waals surface area contributed by atoms with Crippen LogP contribution in [0.25, 0.3) is 10.9 Å². The van der Waals surface area contributed by atoms with E-state index in [1.54, 1.807) is 30.3 Å². The molecule has 0 saturated carbocycles. The van der Waals surface area contributed by atoms with Gasteiger partial charge < -0.3 is 14.5 Å². The summed E-state index contributed by atoms with van der Waals surface area (Å²) in [7, 11) is 0. The van der Waals surface area contributed by atoms with E-state index in [2.05, 4.69) is 15.8 Å². The molecule has 1 aromatic heterocycles. The predicted molar refractivity (Wildman–Crippen MR) is 99.7 cm³/mol. The first-order valence-electron chi connectivity index (χ1n) is 8.60. The summed E-state index contributed by atoms with van der Waals surface area (Å²) in [6.07, 6.45) is -0.836. The number of rotatable bonds is 2. The Morgan fingerprint density at radius 1 is 1.07 bits per heavy atom. The van der Waals surface area contributed by atoms with E-state index in [4.69, 9.17) is 9.47 Å². The standard InChI is InChI=1S/C20H19N3O4/c1-11-12(2)21-15-8-7-13(9-14(11)15)19(24)22-23-20(25)18-10-26-16-5-3-4-6-17(16)27-18/h3-9,18,21H,10H2,1-2H3,(H,22,24)(H,23,25)/t18-/m1/s1. The lowest BCUT2D eigenvalue weighted by molar-refractivity contribution is -0.131. The third-order valence-electron chi connectivity index (χ3n) is 4.67. The molecule has 1 aliphatic rings. The number of carbonyl (C=O) groups excluding carboxylic acids is 2. The highest BCUT2D eigenvalue weighted by Crippen LogP contribution is 2.30. The highest BCUT2D eigenvalue weighted by atomic mass is 16.6. The number of benzene rings is 2. The monoisotopic (exact) mass is 365 g/mol. The Labute approximate surface area is 155 Å². The fraction of sp³-hybridized carbons (Fsp3) is 0.200. The zero-order chi connectivity index (χ0) is 19.0. The molecule has 1 atom stereocenters. The van der Waals surface area contributed by atoms with E-state index < -0.39 is 17.9 Å². The lowest BCUT2D eigenvalue weighted by atomic mass is 10.1. The first-order valence-corrected chi connectivity index (χ1v) is 8.60. The molecule has 0 unspecified atom stereocenters. The maximum Gasteiger partial charge on any atom is 0.283 e. The van der Waals surface area contributed by atoms with Crippen LogP contribution in [0.1, 0.15) is 21.6 Å². The molecular formula is C20H19N3O4. The molecule has 7 heteroatoms. The van der Waals surface area contributed by atoms with Gasteiger partial charge in [0, 0.05) is 22.2 Å². The number of ether oxygens (including phenoxy) is 2. The zero-order valence-electron chi connectivity index (χ0n) is 15.0. The number of hydrogen-bond donors (Lipinski definition) is 3.